The molecule has 0 aliphatic carbocycles. The van der Waals surface area contributed by atoms with E-state index >= 15 is 0 Å². The maximum atomic E-state index is 13.4. The van der Waals surface area contributed by atoms with Gasteiger partial charge in [-0.25, -0.2) is 4.98 Å². The zero-order chi connectivity index (χ0) is 20.7. The van der Waals surface area contributed by atoms with Crippen LogP contribution < -0.4 is 0 Å². The van der Waals surface area contributed by atoms with Crippen molar-refractivity contribution < 1.29 is 19.4 Å². The average Bonchev–Trinajstić information content (AvgIpc) is 3.10. The summed E-state index contributed by atoms with van der Waals surface area (Å²) >= 11 is 0. The number of hydrogen-bond donors (Lipinski definition) is 2. The molecule has 156 valence electrons. The van der Waals surface area contributed by atoms with Crippen LogP contribution in [-0.2, 0) is 6.54 Å². The fourth-order valence-electron chi connectivity index (χ4n) is 4.33. The number of benzene rings is 1. The Morgan fingerprint density at radius 2 is 1.80 bits per heavy atom. The number of carbonyl (C=O) groups excluding carboxylic acids is 1. The number of nitrogens with zero attached hydrogens (tertiary/aromatic N) is 3. The normalized spacial score (nSPS) is 17.3. The van der Waals surface area contributed by atoms with Crippen LogP contribution in [-0.4, -0.2) is 57.1 Å². The third-order valence-electron chi connectivity index (χ3n) is 6.11. The van der Waals surface area contributed by atoms with Crippen LogP contribution >= 0.6 is 0 Å². The van der Waals surface area contributed by atoms with E-state index in [0.29, 0.717) is 47.6 Å². The van der Waals surface area contributed by atoms with Crippen LogP contribution in [0.3, 0.4) is 0 Å². The van der Waals surface area contributed by atoms with Crippen LogP contribution in [0, 0.1) is 0 Å². The molecule has 3 aromatic rings. The van der Waals surface area contributed by atoms with Crippen molar-refractivity contribution in [2.75, 3.05) is 26.2 Å². The zero-order valence-corrected chi connectivity index (χ0v) is 16.8. The zero-order valence-electron chi connectivity index (χ0n) is 16.8. The fraction of sp³-hybridized carbons (Fsp3) is 0.391. The molecule has 0 atom stereocenters. The Labute approximate surface area is 174 Å². The molecule has 5 rings (SSSR count). The highest BCUT2D eigenvalue weighted by Gasteiger charge is 2.32. The van der Waals surface area contributed by atoms with E-state index in [1.165, 1.54) is 18.7 Å². The number of likely N-dealkylation sites (tertiary alicyclic amines) is 2. The van der Waals surface area contributed by atoms with Crippen molar-refractivity contribution in [2.24, 2.45) is 0 Å². The highest BCUT2D eigenvalue weighted by Crippen LogP contribution is 2.40. The van der Waals surface area contributed by atoms with Gasteiger partial charge in [-0.2, -0.15) is 0 Å². The number of amides is 1. The summed E-state index contributed by atoms with van der Waals surface area (Å²) in [6.45, 7) is 3.97. The molecule has 30 heavy (non-hydrogen) atoms. The van der Waals surface area contributed by atoms with E-state index < -0.39 is 0 Å². The van der Waals surface area contributed by atoms with Gasteiger partial charge in [-0.3, -0.25) is 9.69 Å². The number of rotatable bonds is 4. The summed E-state index contributed by atoms with van der Waals surface area (Å²) in [4.78, 5) is 21.8. The fourth-order valence-corrected chi connectivity index (χ4v) is 4.33. The van der Waals surface area contributed by atoms with Crippen molar-refractivity contribution in [3.05, 3.63) is 41.6 Å². The Hall–Kier alpha value is -3.06. The molecule has 0 bridgehead atoms. The molecule has 2 aliphatic rings. The number of carbonyl (C=O) groups is 1. The number of aromatic nitrogens is 1. The van der Waals surface area contributed by atoms with E-state index in [1.807, 2.05) is 0 Å². The first-order chi connectivity index (χ1) is 14.6. The first kappa shape index (κ1) is 18.9. The van der Waals surface area contributed by atoms with Crippen LogP contribution in [0.5, 0.6) is 11.5 Å². The molecule has 2 N–H and O–H groups in total. The van der Waals surface area contributed by atoms with Gasteiger partial charge in [0.05, 0.1) is 11.8 Å². The van der Waals surface area contributed by atoms with Crippen molar-refractivity contribution >= 4 is 16.9 Å². The standard InChI is InChI=1S/C23H25N3O4/c27-15-5-6-17(24-13-15)22-21(23(29)26-11-4-12-26)20-16(14-25-9-2-1-3-10-25)18(28)7-8-19(20)30-22/h5-8,13,27-28H,1-4,9-12,14H2. The van der Waals surface area contributed by atoms with E-state index in [9.17, 15) is 15.0 Å². The number of pyridine rings is 1. The molecule has 2 saturated heterocycles. The first-order valence-electron chi connectivity index (χ1n) is 10.6. The predicted octanol–water partition coefficient (Wildman–Crippen LogP) is 3.74. The monoisotopic (exact) mass is 407 g/mol. The van der Waals surface area contributed by atoms with Crippen LogP contribution in [0.25, 0.3) is 22.4 Å². The van der Waals surface area contributed by atoms with Gasteiger partial charge >= 0.3 is 0 Å². The molecular formula is C23H25N3O4. The van der Waals surface area contributed by atoms with Crippen molar-refractivity contribution in [2.45, 2.75) is 32.2 Å². The highest BCUT2D eigenvalue weighted by molar-refractivity contribution is 6.12. The Balaban J connectivity index is 1.69. The van der Waals surface area contributed by atoms with Gasteiger partial charge in [-0.1, -0.05) is 6.42 Å². The van der Waals surface area contributed by atoms with Crippen molar-refractivity contribution in [3.8, 4) is 23.0 Å². The Kier molecular flexibility index (Phi) is 4.83. The third kappa shape index (κ3) is 3.29. The molecule has 0 spiro atoms. The van der Waals surface area contributed by atoms with Gasteiger partial charge < -0.3 is 19.5 Å². The van der Waals surface area contributed by atoms with E-state index in [2.05, 4.69) is 9.88 Å². The summed E-state index contributed by atoms with van der Waals surface area (Å²) in [7, 11) is 0. The molecular weight excluding hydrogens is 382 g/mol. The van der Waals surface area contributed by atoms with Crippen molar-refractivity contribution in [3.63, 3.8) is 0 Å². The SMILES string of the molecule is O=C(c1c(-c2ccc(O)cn2)oc2ccc(O)c(CN3CCCCC3)c12)N1CCC1. The molecule has 1 aromatic carbocycles. The highest BCUT2D eigenvalue weighted by atomic mass is 16.3. The average molecular weight is 407 g/mol. The maximum absolute atomic E-state index is 13.4. The van der Waals surface area contributed by atoms with Gasteiger partial charge in [0, 0.05) is 30.6 Å². The summed E-state index contributed by atoms with van der Waals surface area (Å²) < 4.78 is 6.13. The van der Waals surface area contributed by atoms with Crippen LogP contribution in [0.1, 0.15) is 41.6 Å². The summed E-state index contributed by atoms with van der Waals surface area (Å²) in [5.41, 5.74) is 2.22. The molecule has 1 amide bonds. The van der Waals surface area contributed by atoms with E-state index in [0.717, 1.165) is 37.9 Å². The lowest BCUT2D eigenvalue weighted by Crippen LogP contribution is -2.42. The Morgan fingerprint density at radius 1 is 1.00 bits per heavy atom. The minimum absolute atomic E-state index is 0.0499. The molecule has 2 aromatic heterocycles. The molecule has 0 saturated carbocycles. The lowest BCUT2D eigenvalue weighted by Gasteiger charge is -2.31. The van der Waals surface area contributed by atoms with E-state index in [-0.39, 0.29) is 17.4 Å². The topological polar surface area (TPSA) is 90.0 Å². The molecule has 7 nitrogen and oxygen atoms in total. The maximum Gasteiger partial charge on any atom is 0.258 e. The summed E-state index contributed by atoms with van der Waals surface area (Å²) in [6, 6.07) is 6.52. The second kappa shape index (κ2) is 7.65. The summed E-state index contributed by atoms with van der Waals surface area (Å²) in [5.74, 6) is 0.508. The molecule has 2 fully saturated rings. The van der Waals surface area contributed by atoms with Gasteiger partial charge in [-0.05, 0) is 56.6 Å². The van der Waals surface area contributed by atoms with Gasteiger partial charge in [0.1, 0.15) is 22.8 Å². The van der Waals surface area contributed by atoms with Gasteiger partial charge in [0.25, 0.3) is 5.91 Å². The number of hydrogen-bond acceptors (Lipinski definition) is 6. The first-order valence-corrected chi connectivity index (χ1v) is 10.6. The van der Waals surface area contributed by atoms with Crippen molar-refractivity contribution in [1.82, 2.24) is 14.8 Å². The van der Waals surface area contributed by atoms with Crippen LogP contribution in [0.2, 0.25) is 0 Å². The molecule has 4 heterocycles. The van der Waals surface area contributed by atoms with E-state index in [1.54, 1.807) is 23.1 Å². The molecule has 0 radical (unpaired) electrons. The summed E-state index contributed by atoms with van der Waals surface area (Å²) in [5, 5.41) is 21.0. The third-order valence-corrected chi connectivity index (χ3v) is 6.11. The summed E-state index contributed by atoms with van der Waals surface area (Å²) in [6.07, 6.45) is 5.84. The minimum Gasteiger partial charge on any atom is -0.508 e. The number of furan rings is 1. The number of phenols is 1. The minimum atomic E-state index is -0.102. The van der Waals surface area contributed by atoms with Crippen LogP contribution in [0.15, 0.2) is 34.9 Å². The Bertz CT molecular complexity index is 1080. The number of aromatic hydroxyl groups is 2. The van der Waals surface area contributed by atoms with Gasteiger partial charge in [0.15, 0.2) is 5.76 Å². The largest absolute Gasteiger partial charge is 0.508 e. The van der Waals surface area contributed by atoms with Crippen LogP contribution in [0.4, 0.5) is 0 Å². The van der Waals surface area contributed by atoms with Gasteiger partial charge in [0.2, 0.25) is 0 Å². The Morgan fingerprint density at radius 3 is 2.47 bits per heavy atom. The second-order valence-corrected chi connectivity index (χ2v) is 8.13. The van der Waals surface area contributed by atoms with Gasteiger partial charge in [-0.15, -0.1) is 0 Å². The predicted molar refractivity (Wildman–Crippen MR) is 112 cm³/mol. The van der Waals surface area contributed by atoms with E-state index in [4.69, 9.17) is 4.42 Å². The molecule has 7 heteroatoms. The molecule has 0 unspecified atom stereocenters. The number of piperidine rings is 1. The number of phenolic OH excluding ortho intramolecular Hbond substituents is 1. The van der Waals surface area contributed by atoms with Crippen molar-refractivity contribution in [1.29, 1.82) is 0 Å². The lowest BCUT2D eigenvalue weighted by molar-refractivity contribution is 0.0653. The quantitative estimate of drug-likeness (QED) is 0.685. The lowest BCUT2D eigenvalue weighted by atomic mass is 9.99. The molecule has 2 aliphatic heterocycles. The smallest absolute Gasteiger partial charge is 0.258 e. The second-order valence-electron chi connectivity index (χ2n) is 8.13. The number of fused-ring (bicyclic) bond motifs is 1.